The highest BCUT2D eigenvalue weighted by Gasteiger charge is 2.23. The molecule has 0 radical (unpaired) electrons. The average molecular weight is 380 g/mol. The fraction of sp³-hybridized carbons (Fsp3) is 0.111. The number of carbonyl (C=O) groups is 3. The van der Waals surface area contributed by atoms with Crippen molar-refractivity contribution in [3.8, 4) is 0 Å². The number of anilines is 1. The van der Waals surface area contributed by atoms with Crippen LogP contribution in [0.25, 0.3) is 11.0 Å². The predicted molar refractivity (Wildman–Crippen MR) is 101 cm³/mol. The number of fused-ring (bicyclic) bond motifs is 1. The van der Waals surface area contributed by atoms with Crippen molar-refractivity contribution < 1.29 is 14.4 Å². The van der Waals surface area contributed by atoms with Gasteiger partial charge in [-0.05, 0) is 49.4 Å². The zero-order chi connectivity index (χ0) is 20.3. The third-order valence-electron chi connectivity index (χ3n) is 3.86. The summed E-state index contributed by atoms with van der Waals surface area (Å²) in [6, 6.07) is 9.33. The number of hydrogen-bond donors (Lipinski definition) is 4. The van der Waals surface area contributed by atoms with Gasteiger partial charge in [0, 0.05) is 11.3 Å². The summed E-state index contributed by atoms with van der Waals surface area (Å²) < 4.78 is 0. The fourth-order valence-electron chi connectivity index (χ4n) is 2.46. The number of rotatable bonds is 6. The molecule has 0 fully saturated rings. The van der Waals surface area contributed by atoms with Crippen LogP contribution in [0.15, 0.2) is 57.5 Å². The van der Waals surface area contributed by atoms with Gasteiger partial charge in [0.15, 0.2) is 5.78 Å². The van der Waals surface area contributed by atoms with E-state index in [1.165, 1.54) is 31.2 Å². The van der Waals surface area contributed by atoms with E-state index >= 15 is 0 Å². The lowest BCUT2D eigenvalue weighted by molar-refractivity contribution is -0.126. The molecule has 0 aliphatic rings. The van der Waals surface area contributed by atoms with Crippen LogP contribution in [0.4, 0.5) is 11.4 Å². The Labute approximate surface area is 157 Å². The summed E-state index contributed by atoms with van der Waals surface area (Å²) in [6.07, 6.45) is 0. The first-order valence-corrected chi connectivity index (χ1v) is 8.17. The molecule has 0 aliphatic carbocycles. The van der Waals surface area contributed by atoms with Crippen LogP contribution in [0, 0.1) is 0 Å². The lowest BCUT2D eigenvalue weighted by Gasteiger charge is -2.09. The van der Waals surface area contributed by atoms with Gasteiger partial charge in [-0.3, -0.25) is 14.4 Å². The van der Waals surface area contributed by atoms with Crippen LogP contribution >= 0.6 is 0 Å². The van der Waals surface area contributed by atoms with E-state index in [0.29, 0.717) is 28.0 Å². The molecule has 0 aliphatic heterocycles. The number of benzene rings is 2. The highest BCUT2D eigenvalue weighted by Crippen LogP contribution is 2.17. The van der Waals surface area contributed by atoms with E-state index in [-0.39, 0.29) is 5.69 Å². The number of azo groups is 1. The highest BCUT2D eigenvalue weighted by atomic mass is 16.2. The van der Waals surface area contributed by atoms with Crippen molar-refractivity contribution in [2.24, 2.45) is 16.0 Å². The molecule has 0 saturated carbocycles. The maximum atomic E-state index is 12.4. The van der Waals surface area contributed by atoms with Crippen LogP contribution in [0.1, 0.15) is 17.3 Å². The summed E-state index contributed by atoms with van der Waals surface area (Å²) in [5.74, 6) is -1.74. The quantitative estimate of drug-likeness (QED) is 0.378. The predicted octanol–water partition coefficient (Wildman–Crippen LogP) is 1.64. The van der Waals surface area contributed by atoms with Gasteiger partial charge in [-0.2, -0.15) is 10.2 Å². The Morgan fingerprint density at radius 3 is 2.36 bits per heavy atom. The first kappa shape index (κ1) is 18.7. The molecule has 3 rings (SSSR count). The number of nitrogens with two attached hydrogens (primary N) is 1. The van der Waals surface area contributed by atoms with E-state index in [4.69, 9.17) is 5.73 Å². The van der Waals surface area contributed by atoms with Crippen molar-refractivity contribution in [3.63, 3.8) is 0 Å². The maximum Gasteiger partial charge on any atom is 0.323 e. The number of nitrogens with one attached hydrogen (secondary N) is 3. The van der Waals surface area contributed by atoms with Crippen LogP contribution in [-0.2, 0) is 9.59 Å². The summed E-state index contributed by atoms with van der Waals surface area (Å²) in [6.45, 7) is 1.23. The lowest BCUT2D eigenvalue weighted by atomic mass is 10.2. The van der Waals surface area contributed by atoms with Crippen molar-refractivity contribution >= 4 is 40.0 Å². The summed E-state index contributed by atoms with van der Waals surface area (Å²) in [5, 5.41) is 10.3. The lowest BCUT2D eigenvalue weighted by Crippen LogP contribution is -2.31. The number of carbonyl (C=O) groups excluding carboxylic acids is 3. The monoisotopic (exact) mass is 380 g/mol. The molecule has 0 spiro atoms. The molecule has 2 aromatic carbocycles. The summed E-state index contributed by atoms with van der Waals surface area (Å²) in [7, 11) is 0. The third-order valence-corrected chi connectivity index (χ3v) is 3.86. The van der Waals surface area contributed by atoms with Gasteiger partial charge in [-0.15, -0.1) is 0 Å². The Kier molecular flexibility index (Phi) is 5.12. The Morgan fingerprint density at radius 1 is 1.04 bits per heavy atom. The molecule has 1 heterocycles. The number of H-pyrrole nitrogens is 2. The Morgan fingerprint density at radius 2 is 1.71 bits per heavy atom. The van der Waals surface area contributed by atoms with Crippen molar-refractivity contribution in [3.05, 3.63) is 58.5 Å². The Hall–Kier alpha value is -4.08. The van der Waals surface area contributed by atoms with Crippen molar-refractivity contribution in [2.75, 3.05) is 5.32 Å². The topological polar surface area (TPSA) is 163 Å². The Balaban J connectivity index is 1.76. The second-order valence-electron chi connectivity index (χ2n) is 5.97. The minimum Gasteiger partial charge on any atom is -0.366 e. The van der Waals surface area contributed by atoms with E-state index in [0.717, 1.165) is 0 Å². The van der Waals surface area contributed by atoms with Gasteiger partial charge >= 0.3 is 5.69 Å². The number of amides is 2. The van der Waals surface area contributed by atoms with E-state index < -0.39 is 23.6 Å². The number of aromatic nitrogens is 2. The highest BCUT2D eigenvalue weighted by molar-refractivity contribution is 6.10. The van der Waals surface area contributed by atoms with Gasteiger partial charge in [-0.25, -0.2) is 4.79 Å². The molecular formula is C18H16N6O4. The second-order valence-corrected chi connectivity index (χ2v) is 5.97. The van der Waals surface area contributed by atoms with Crippen LogP contribution < -0.4 is 16.7 Å². The molecule has 0 saturated heterocycles. The number of hydrogen-bond acceptors (Lipinski definition) is 6. The molecule has 5 N–H and O–H groups in total. The van der Waals surface area contributed by atoms with Crippen LogP contribution in [0.2, 0.25) is 0 Å². The van der Waals surface area contributed by atoms with E-state index in [2.05, 4.69) is 25.5 Å². The molecule has 2 amide bonds. The molecular weight excluding hydrogens is 364 g/mol. The summed E-state index contributed by atoms with van der Waals surface area (Å²) >= 11 is 0. The molecule has 0 bridgehead atoms. The number of primary amides is 1. The second kappa shape index (κ2) is 7.66. The normalized spacial score (nSPS) is 12.2. The van der Waals surface area contributed by atoms with Crippen molar-refractivity contribution in [1.29, 1.82) is 0 Å². The molecule has 1 atom stereocenters. The first-order valence-electron chi connectivity index (χ1n) is 8.17. The molecule has 142 valence electrons. The van der Waals surface area contributed by atoms with Gasteiger partial charge < -0.3 is 21.0 Å². The molecule has 28 heavy (non-hydrogen) atoms. The third kappa shape index (κ3) is 4.18. The zero-order valence-corrected chi connectivity index (χ0v) is 14.7. The fourth-order valence-corrected chi connectivity index (χ4v) is 2.46. The summed E-state index contributed by atoms with van der Waals surface area (Å²) in [5.41, 5.74) is 6.95. The van der Waals surface area contributed by atoms with Gasteiger partial charge in [0.25, 0.3) is 5.91 Å². The molecule has 10 nitrogen and oxygen atoms in total. The van der Waals surface area contributed by atoms with Gasteiger partial charge in [0.2, 0.25) is 11.9 Å². The minimum atomic E-state index is -1.35. The van der Waals surface area contributed by atoms with Gasteiger partial charge in [0.1, 0.15) is 0 Å². The number of nitrogens with zero attached hydrogens (tertiary/aromatic N) is 2. The number of ketones is 1. The molecule has 1 aromatic heterocycles. The van der Waals surface area contributed by atoms with E-state index in [1.54, 1.807) is 18.2 Å². The Bertz CT molecular complexity index is 1140. The van der Waals surface area contributed by atoms with E-state index in [1.807, 2.05) is 0 Å². The molecule has 3 aromatic rings. The van der Waals surface area contributed by atoms with Crippen LogP contribution in [0.5, 0.6) is 0 Å². The standard InChI is InChI=1S/C18H16N6O4/c1-9(25)15(24-23-11-4-2-10(3-5-11)16(19)26)17(27)20-12-6-7-13-14(8-12)22-18(28)21-13/h2-8,15H,1H3,(H2,19,26)(H,20,27)(H2,21,22,28)/t15-/m1/s1. The summed E-state index contributed by atoms with van der Waals surface area (Å²) in [4.78, 5) is 51.8. The molecule has 0 unspecified atom stereocenters. The number of Topliss-reactive ketones (excluding diaryl/α,β-unsaturated/α-hetero) is 1. The van der Waals surface area contributed by atoms with Gasteiger partial charge in [-0.1, -0.05) is 0 Å². The first-order chi connectivity index (χ1) is 13.3. The smallest absolute Gasteiger partial charge is 0.323 e. The zero-order valence-electron chi connectivity index (χ0n) is 14.7. The molecule has 10 heteroatoms. The number of aromatic amines is 2. The number of imidazole rings is 1. The SMILES string of the molecule is CC(=O)[C@@H](N=Nc1ccc(C(N)=O)cc1)C(=O)Nc1ccc2[nH]c(=O)[nH]c2c1. The van der Waals surface area contributed by atoms with Crippen LogP contribution in [0.3, 0.4) is 0 Å². The van der Waals surface area contributed by atoms with Crippen LogP contribution in [-0.4, -0.2) is 33.6 Å². The van der Waals surface area contributed by atoms with Gasteiger partial charge in [0.05, 0.1) is 16.7 Å². The average Bonchev–Trinajstić information content (AvgIpc) is 3.01. The van der Waals surface area contributed by atoms with E-state index in [9.17, 15) is 19.2 Å². The van der Waals surface area contributed by atoms with Crippen molar-refractivity contribution in [2.45, 2.75) is 13.0 Å². The largest absolute Gasteiger partial charge is 0.366 e. The van der Waals surface area contributed by atoms with Crippen molar-refractivity contribution in [1.82, 2.24) is 9.97 Å². The maximum absolute atomic E-state index is 12.4. The minimum absolute atomic E-state index is 0.304.